The summed E-state index contributed by atoms with van der Waals surface area (Å²) in [5, 5.41) is 25.5. The Morgan fingerprint density at radius 3 is 2.69 bits per heavy atom. The molecule has 156 valence electrons. The molecule has 29 heavy (non-hydrogen) atoms. The number of aliphatic hydroxyl groups is 2. The second kappa shape index (κ2) is 8.80. The summed E-state index contributed by atoms with van der Waals surface area (Å²) in [5.41, 5.74) is 3.08. The number of fused-ring (bicyclic) bond motifs is 1. The minimum Gasteiger partial charge on any atom is -0.396 e. The zero-order valence-electron chi connectivity index (χ0n) is 17.6. The molecule has 0 spiro atoms. The summed E-state index contributed by atoms with van der Waals surface area (Å²) in [6.07, 6.45) is 5.79. The Labute approximate surface area is 172 Å². The SMILES string of the molecule is CC(CO)c1ccnc(Nc2cc3c(c(NC(C)(C)C)n2)CN(CCO)C=C3)c1. The average molecular weight is 398 g/mol. The Morgan fingerprint density at radius 1 is 1.21 bits per heavy atom. The van der Waals surface area contributed by atoms with E-state index in [1.165, 1.54) is 0 Å². The lowest BCUT2D eigenvalue weighted by molar-refractivity contribution is 0.232. The minimum atomic E-state index is -0.142. The van der Waals surface area contributed by atoms with E-state index < -0.39 is 0 Å². The van der Waals surface area contributed by atoms with Crippen molar-refractivity contribution in [1.82, 2.24) is 14.9 Å². The highest BCUT2D eigenvalue weighted by molar-refractivity contribution is 5.69. The third-order valence-corrected chi connectivity index (χ3v) is 4.75. The quantitative estimate of drug-likeness (QED) is 0.569. The van der Waals surface area contributed by atoms with Crippen LogP contribution in [0.2, 0.25) is 0 Å². The van der Waals surface area contributed by atoms with Gasteiger partial charge in [-0.05, 0) is 56.2 Å². The number of hydrogen-bond acceptors (Lipinski definition) is 7. The van der Waals surface area contributed by atoms with Gasteiger partial charge in [0.15, 0.2) is 0 Å². The first-order chi connectivity index (χ1) is 13.8. The van der Waals surface area contributed by atoms with Crippen molar-refractivity contribution in [3.63, 3.8) is 0 Å². The van der Waals surface area contributed by atoms with Crippen LogP contribution in [0.25, 0.3) is 6.08 Å². The van der Waals surface area contributed by atoms with Gasteiger partial charge >= 0.3 is 0 Å². The number of hydrogen-bond donors (Lipinski definition) is 4. The van der Waals surface area contributed by atoms with E-state index in [4.69, 9.17) is 4.98 Å². The molecule has 1 atom stereocenters. The van der Waals surface area contributed by atoms with Gasteiger partial charge in [0, 0.05) is 49.1 Å². The van der Waals surface area contributed by atoms with Gasteiger partial charge in [-0.3, -0.25) is 0 Å². The summed E-state index contributed by atoms with van der Waals surface area (Å²) in [5.74, 6) is 2.27. The molecule has 0 aliphatic carbocycles. The molecule has 2 aromatic rings. The molecule has 3 heterocycles. The Morgan fingerprint density at radius 2 is 2.00 bits per heavy atom. The van der Waals surface area contributed by atoms with Gasteiger partial charge in [-0.25, -0.2) is 9.97 Å². The molecule has 1 unspecified atom stereocenters. The van der Waals surface area contributed by atoms with E-state index >= 15 is 0 Å². The molecule has 0 amide bonds. The molecule has 0 saturated heterocycles. The van der Waals surface area contributed by atoms with Gasteiger partial charge in [-0.2, -0.15) is 0 Å². The van der Waals surface area contributed by atoms with E-state index in [1.54, 1.807) is 6.20 Å². The van der Waals surface area contributed by atoms with Crippen molar-refractivity contribution in [3.8, 4) is 0 Å². The molecule has 0 saturated carbocycles. The van der Waals surface area contributed by atoms with E-state index in [1.807, 2.05) is 37.4 Å². The lowest BCUT2D eigenvalue weighted by Gasteiger charge is -2.29. The monoisotopic (exact) mass is 397 g/mol. The first-order valence-corrected chi connectivity index (χ1v) is 9.98. The van der Waals surface area contributed by atoms with Crippen molar-refractivity contribution in [3.05, 3.63) is 47.3 Å². The maximum Gasteiger partial charge on any atom is 0.134 e. The number of nitrogens with one attached hydrogen (secondary N) is 2. The molecule has 0 aromatic carbocycles. The van der Waals surface area contributed by atoms with Crippen LogP contribution in [0.1, 0.15) is 50.3 Å². The van der Waals surface area contributed by atoms with E-state index in [0.29, 0.717) is 24.7 Å². The van der Waals surface area contributed by atoms with Gasteiger partial charge in [0.25, 0.3) is 0 Å². The zero-order valence-corrected chi connectivity index (χ0v) is 17.6. The van der Waals surface area contributed by atoms with Crippen LogP contribution in [0.3, 0.4) is 0 Å². The second-order valence-electron chi connectivity index (χ2n) is 8.49. The van der Waals surface area contributed by atoms with E-state index in [2.05, 4.69) is 41.3 Å². The largest absolute Gasteiger partial charge is 0.396 e. The maximum absolute atomic E-state index is 9.42. The van der Waals surface area contributed by atoms with Gasteiger partial charge in [0.05, 0.1) is 6.61 Å². The van der Waals surface area contributed by atoms with Crippen LogP contribution in [0.4, 0.5) is 17.5 Å². The van der Waals surface area contributed by atoms with Gasteiger partial charge < -0.3 is 25.7 Å². The minimum absolute atomic E-state index is 0.0496. The van der Waals surface area contributed by atoms with Gasteiger partial charge in [-0.15, -0.1) is 0 Å². The van der Waals surface area contributed by atoms with E-state index in [0.717, 1.165) is 22.5 Å². The predicted molar refractivity (Wildman–Crippen MR) is 117 cm³/mol. The van der Waals surface area contributed by atoms with E-state index in [-0.39, 0.29) is 24.7 Å². The predicted octanol–water partition coefficient (Wildman–Crippen LogP) is 3.31. The Kier molecular flexibility index (Phi) is 6.39. The van der Waals surface area contributed by atoms with Crippen LogP contribution >= 0.6 is 0 Å². The summed E-state index contributed by atoms with van der Waals surface area (Å²) in [6, 6.07) is 5.87. The van der Waals surface area contributed by atoms with Crippen LogP contribution in [0.5, 0.6) is 0 Å². The Hall–Kier alpha value is -2.64. The third-order valence-electron chi connectivity index (χ3n) is 4.75. The number of rotatable bonds is 7. The summed E-state index contributed by atoms with van der Waals surface area (Å²) in [7, 11) is 0. The summed E-state index contributed by atoms with van der Waals surface area (Å²) >= 11 is 0. The molecule has 0 bridgehead atoms. The number of anilines is 3. The molecule has 1 aliphatic rings. The van der Waals surface area contributed by atoms with Crippen LogP contribution in [-0.2, 0) is 6.54 Å². The van der Waals surface area contributed by atoms with Gasteiger partial charge in [0.2, 0.25) is 0 Å². The first-order valence-electron chi connectivity index (χ1n) is 9.98. The zero-order chi connectivity index (χ0) is 21.0. The molecule has 0 radical (unpaired) electrons. The fourth-order valence-corrected chi connectivity index (χ4v) is 3.21. The number of aliphatic hydroxyl groups excluding tert-OH is 2. The first kappa shape index (κ1) is 21.1. The number of nitrogens with zero attached hydrogens (tertiary/aromatic N) is 3. The van der Waals surface area contributed by atoms with Crippen LogP contribution < -0.4 is 10.6 Å². The van der Waals surface area contributed by atoms with Crippen molar-refractivity contribution in [2.45, 2.75) is 45.7 Å². The molecule has 7 nitrogen and oxygen atoms in total. The number of pyridine rings is 2. The van der Waals surface area contributed by atoms with E-state index in [9.17, 15) is 10.2 Å². The van der Waals surface area contributed by atoms with Crippen LogP contribution in [0.15, 0.2) is 30.6 Å². The van der Waals surface area contributed by atoms with Crippen molar-refractivity contribution in [1.29, 1.82) is 0 Å². The fraction of sp³-hybridized carbons (Fsp3) is 0.455. The lowest BCUT2D eigenvalue weighted by atomic mass is 10.0. The summed E-state index contributed by atoms with van der Waals surface area (Å²) in [6.45, 7) is 9.78. The third kappa shape index (κ3) is 5.46. The lowest BCUT2D eigenvalue weighted by Crippen LogP contribution is -2.30. The molecule has 7 heteroatoms. The molecule has 2 aromatic heterocycles. The molecule has 1 aliphatic heterocycles. The van der Waals surface area contributed by atoms with Gasteiger partial charge in [0.1, 0.15) is 17.5 Å². The smallest absolute Gasteiger partial charge is 0.134 e. The maximum atomic E-state index is 9.42. The Bertz CT molecular complexity index is 876. The summed E-state index contributed by atoms with van der Waals surface area (Å²) < 4.78 is 0. The second-order valence-corrected chi connectivity index (χ2v) is 8.49. The van der Waals surface area contributed by atoms with Crippen molar-refractivity contribution in [2.24, 2.45) is 0 Å². The molecular weight excluding hydrogens is 366 g/mol. The van der Waals surface area contributed by atoms with Crippen molar-refractivity contribution in [2.75, 3.05) is 30.4 Å². The molecular formula is C22H31N5O2. The Balaban J connectivity index is 1.94. The van der Waals surface area contributed by atoms with Gasteiger partial charge in [-0.1, -0.05) is 6.92 Å². The van der Waals surface area contributed by atoms with Crippen molar-refractivity contribution >= 4 is 23.5 Å². The standard InChI is InChI=1S/C22H31N5O2/c1-15(14-29)16-5-7-23-19(11-16)24-20-12-17-6-8-27(9-10-28)13-18(17)21(25-20)26-22(2,3)4/h5-8,11-12,15,28-29H,9-10,13-14H2,1-4H3,(H2,23,24,25,26). The van der Waals surface area contributed by atoms with Crippen molar-refractivity contribution < 1.29 is 10.2 Å². The van der Waals surface area contributed by atoms with Crippen LogP contribution in [-0.4, -0.2) is 50.4 Å². The fourth-order valence-electron chi connectivity index (χ4n) is 3.21. The topological polar surface area (TPSA) is 93.5 Å². The highest BCUT2D eigenvalue weighted by atomic mass is 16.3. The molecule has 4 N–H and O–H groups in total. The number of β-amino-alcohol motifs (C(OH)–C–C–N with tert-alkyl or cyclic N) is 1. The highest BCUT2D eigenvalue weighted by Gasteiger charge is 2.21. The highest BCUT2D eigenvalue weighted by Crippen LogP contribution is 2.31. The van der Waals surface area contributed by atoms with Crippen LogP contribution in [0, 0.1) is 0 Å². The summed E-state index contributed by atoms with van der Waals surface area (Å²) in [4.78, 5) is 11.3. The number of aromatic nitrogens is 2. The average Bonchev–Trinajstić information content (AvgIpc) is 2.67. The normalized spacial score (nSPS) is 14.5. The molecule has 3 rings (SSSR count). The molecule has 0 fully saturated rings.